The molecule has 2 rings (SSSR count). The maximum atomic E-state index is 12.3. The quantitative estimate of drug-likeness (QED) is 0.274. The van der Waals surface area contributed by atoms with E-state index in [1.807, 2.05) is 0 Å². The highest BCUT2D eigenvalue weighted by atomic mass is 16.6. The van der Waals surface area contributed by atoms with Crippen molar-refractivity contribution in [1.82, 2.24) is 0 Å². The summed E-state index contributed by atoms with van der Waals surface area (Å²) >= 11 is 0. The number of benzene rings is 2. The number of anilines is 3. The Balaban J connectivity index is 2.27. The van der Waals surface area contributed by atoms with Crippen molar-refractivity contribution in [2.24, 2.45) is 0 Å². The van der Waals surface area contributed by atoms with E-state index in [0.717, 1.165) is 11.1 Å². The third-order valence-electron chi connectivity index (χ3n) is 3.45. The van der Waals surface area contributed by atoms with Gasteiger partial charge in [-0.1, -0.05) is 6.07 Å². The van der Waals surface area contributed by atoms with Gasteiger partial charge in [0.05, 0.1) is 10.6 Å². The minimum atomic E-state index is -0.762. The Labute approximate surface area is 154 Å². The predicted octanol–water partition coefficient (Wildman–Crippen LogP) is 2.58. The summed E-state index contributed by atoms with van der Waals surface area (Å²) in [6.45, 7) is 1.28. The number of nitrogens with two attached hydrogens (primary N) is 1. The molecule has 9 nitrogen and oxygen atoms in total. The van der Waals surface area contributed by atoms with Crippen molar-refractivity contribution in [3.8, 4) is 6.07 Å². The number of rotatable bonds is 5. The zero-order valence-corrected chi connectivity index (χ0v) is 14.2. The van der Waals surface area contributed by atoms with E-state index in [-0.39, 0.29) is 16.9 Å². The van der Waals surface area contributed by atoms with E-state index in [1.54, 1.807) is 24.3 Å². The lowest BCUT2D eigenvalue weighted by Gasteiger charge is -2.17. The van der Waals surface area contributed by atoms with Gasteiger partial charge in [-0.15, -0.1) is 0 Å². The summed E-state index contributed by atoms with van der Waals surface area (Å²) in [5, 5.41) is 22.4. The Bertz CT molecular complexity index is 960. The largest absolute Gasteiger partial charge is 0.399 e. The summed E-state index contributed by atoms with van der Waals surface area (Å²) < 4.78 is 0. The van der Waals surface area contributed by atoms with Crippen LogP contribution in [0.2, 0.25) is 0 Å². The van der Waals surface area contributed by atoms with Gasteiger partial charge in [-0.2, -0.15) is 5.26 Å². The zero-order chi connectivity index (χ0) is 20.0. The van der Waals surface area contributed by atoms with Crippen molar-refractivity contribution < 1.29 is 14.5 Å². The van der Waals surface area contributed by atoms with Crippen LogP contribution in [0.1, 0.15) is 6.92 Å². The molecule has 0 saturated carbocycles. The van der Waals surface area contributed by atoms with E-state index >= 15 is 0 Å². The molecule has 0 radical (unpaired) electrons. The third kappa shape index (κ3) is 4.90. The maximum absolute atomic E-state index is 12.3. The number of nitrogens with one attached hydrogen (secondary N) is 1. The van der Waals surface area contributed by atoms with Crippen molar-refractivity contribution in [3.05, 3.63) is 70.4 Å². The molecule has 0 bridgehead atoms. The molecule has 136 valence electrons. The molecule has 27 heavy (non-hydrogen) atoms. The lowest BCUT2D eigenvalue weighted by Crippen LogP contribution is -2.25. The van der Waals surface area contributed by atoms with Gasteiger partial charge in [-0.3, -0.25) is 24.6 Å². The van der Waals surface area contributed by atoms with Gasteiger partial charge < -0.3 is 11.1 Å². The fourth-order valence-corrected chi connectivity index (χ4v) is 2.15. The third-order valence-corrected chi connectivity index (χ3v) is 3.45. The standard InChI is InChI=1S/C18H15N5O4/c1-12(24)22(17-4-2-3-14(20)9-17)11-13(10-19)18(25)21-15-5-7-16(8-6-15)23(26)27/h2-9,11H,20H2,1H3,(H,21,25)/b13-11-. The van der Waals surface area contributed by atoms with Crippen LogP contribution in [-0.2, 0) is 9.59 Å². The number of non-ortho nitro benzene ring substituents is 1. The second-order valence-electron chi connectivity index (χ2n) is 5.40. The summed E-state index contributed by atoms with van der Waals surface area (Å²) in [5.74, 6) is -1.18. The van der Waals surface area contributed by atoms with E-state index in [4.69, 9.17) is 5.73 Å². The van der Waals surface area contributed by atoms with Crippen molar-refractivity contribution in [3.63, 3.8) is 0 Å². The molecule has 9 heteroatoms. The smallest absolute Gasteiger partial charge is 0.269 e. The van der Waals surface area contributed by atoms with Crippen LogP contribution in [0, 0.1) is 21.4 Å². The molecule has 0 aliphatic carbocycles. The maximum Gasteiger partial charge on any atom is 0.269 e. The predicted molar refractivity (Wildman–Crippen MR) is 99.4 cm³/mol. The first-order chi connectivity index (χ1) is 12.8. The lowest BCUT2D eigenvalue weighted by molar-refractivity contribution is -0.384. The molecule has 2 amide bonds. The molecule has 0 fully saturated rings. The number of amides is 2. The first kappa shape index (κ1) is 19.1. The molecule has 2 aromatic rings. The van der Waals surface area contributed by atoms with E-state index in [1.165, 1.54) is 37.3 Å². The molecule has 3 N–H and O–H groups in total. The van der Waals surface area contributed by atoms with Gasteiger partial charge in [0.15, 0.2) is 0 Å². The van der Waals surface area contributed by atoms with Gasteiger partial charge in [0.1, 0.15) is 11.6 Å². The lowest BCUT2D eigenvalue weighted by atomic mass is 10.2. The summed E-state index contributed by atoms with van der Waals surface area (Å²) in [7, 11) is 0. The van der Waals surface area contributed by atoms with E-state index < -0.39 is 16.7 Å². The summed E-state index contributed by atoms with van der Waals surface area (Å²) in [4.78, 5) is 35.5. The Morgan fingerprint density at radius 2 is 1.93 bits per heavy atom. The number of nitriles is 1. The SMILES string of the molecule is CC(=O)N(/C=C(/C#N)C(=O)Nc1ccc([N+](=O)[O-])cc1)c1cccc(N)c1. The summed E-state index contributed by atoms with van der Waals surface area (Å²) in [5.41, 5.74) is 6.33. The van der Waals surface area contributed by atoms with E-state index in [0.29, 0.717) is 11.4 Å². The zero-order valence-electron chi connectivity index (χ0n) is 14.2. The van der Waals surface area contributed by atoms with Gasteiger partial charge >= 0.3 is 0 Å². The normalized spacial score (nSPS) is 10.6. The molecule has 0 aliphatic rings. The van der Waals surface area contributed by atoms with Gasteiger partial charge in [-0.25, -0.2) is 0 Å². The number of nitrogen functional groups attached to an aromatic ring is 1. The molecule has 0 atom stereocenters. The van der Waals surface area contributed by atoms with Gasteiger partial charge in [-0.05, 0) is 30.3 Å². The molecule has 0 saturated heterocycles. The molecule has 0 heterocycles. The number of nitro benzene ring substituents is 1. The second-order valence-corrected chi connectivity index (χ2v) is 5.40. The van der Waals surface area contributed by atoms with Gasteiger partial charge in [0.2, 0.25) is 5.91 Å². The fraction of sp³-hybridized carbons (Fsp3) is 0.0556. The molecule has 0 spiro atoms. The van der Waals surface area contributed by atoms with Crippen molar-refractivity contribution in [2.75, 3.05) is 16.0 Å². The molecule has 0 unspecified atom stereocenters. The summed E-state index contributed by atoms with van der Waals surface area (Å²) in [6.07, 6.45) is 1.11. The van der Waals surface area contributed by atoms with Crippen LogP contribution in [0.3, 0.4) is 0 Å². The van der Waals surface area contributed by atoms with Crippen LogP contribution in [0.15, 0.2) is 60.3 Å². The van der Waals surface area contributed by atoms with Crippen LogP contribution < -0.4 is 16.0 Å². The average Bonchev–Trinajstić information content (AvgIpc) is 2.62. The molecule has 0 aromatic heterocycles. The number of hydrogen-bond donors (Lipinski definition) is 2. The highest BCUT2D eigenvalue weighted by Gasteiger charge is 2.16. The average molecular weight is 365 g/mol. The fourth-order valence-electron chi connectivity index (χ4n) is 2.15. The Hall–Kier alpha value is -4.19. The number of nitro groups is 1. The first-order valence-electron chi connectivity index (χ1n) is 7.65. The molecular weight excluding hydrogens is 350 g/mol. The minimum Gasteiger partial charge on any atom is -0.399 e. The van der Waals surface area contributed by atoms with Crippen LogP contribution in [0.25, 0.3) is 0 Å². The van der Waals surface area contributed by atoms with Gasteiger partial charge in [0.25, 0.3) is 11.6 Å². The summed E-state index contributed by atoms with van der Waals surface area (Å²) in [6, 6.07) is 13.3. The van der Waals surface area contributed by atoms with Crippen molar-refractivity contribution >= 4 is 34.6 Å². The highest BCUT2D eigenvalue weighted by Crippen LogP contribution is 2.20. The number of nitrogens with zero attached hydrogens (tertiary/aromatic N) is 3. The van der Waals surface area contributed by atoms with Crippen molar-refractivity contribution in [1.29, 1.82) is 5.26 Å². The Morgan fingerprint density at radius 3 is 2.44 bits per heavy atom. The van der Waals surface area contributed by atoms with E-state index in [2.05, 4.69) is 5.32 Å². The van der Waals surface area contributed by atoms with E-state index in [9.17, 15) is 25.0 Å². The second kappa shape index (κ2) is 8.26. The van der Waals surface area contributed by atoms with Crippen LogP contribution >= 0.6 is 0 Å². The molecule has 0 aliphatic heterocycles. The van der Waals surface area contributed by atoms with Crippen molar-refractivity contribution in [2.45, 2.75) is 6.92 Å². The monoisotopic (exact) mass is 365 g/mol. The number of carbonyl (C=O) groups is 2. The van der Waals surface area contributed by atoms with Gasteiger partial charge in [0, 0.05) is 36.6 Å². The van der Waals surface area contributed by atoms with Crippen LogP contribution in [0.4, 0.5) is 22.7 Å². The number of carbonyl (C=O) groups excluding carboxylic acids is 2. The topological polar surface area (TPSA) is 142 Å². The molecule has 2 aromatic carbocycles. The number of hydrogen-bond acceptors (Lipinski definition) is 6. The van der Waals surface area contributed by atoms with Crippen LogP contribution in [-0.4, -0.2) is 16.7 Å². The Morgan fingerprint density at radius 1 is 1.26 bits per heavy atom. The minimum absolute atomic E-state index is 0.131. The Kier molecular flexibility index (Phi) is 5.86. The first-order valence-corrected chi connectivity index (χ1v) is 7.65. The van der Waals surface area contributed by atoms with Crippen LogP contribution in [0.5, 0.6) is 0 Å². The highest BCUT2D eigenvalue weighted by molar-refractivity contribution is 6.08. The molecular formula is C18H15N5O4.